The van der Waals surface area contributed by atoms with E-state index in [-0.39, 0.29) is 0 Å². The maximum absolute atomic E-state index is 3.59. The summed E-state index contributed by atoms with van der Waals surface area (Å²) < 4.78 is 0. The molecule has 0 amide bonds. The van der Waals surface area contributed by atoms with Crippen LogP contribution in [-0.2, 0) is 13.0 Å². The second-order valence-electron chi connectivity index (χ2n) is 4.74. The lowest BCUT2D eigenvalue weighted by molar-refractivity contribution is 1.07. The molecule has 0 aliphatic heterocycles. The van der Waals surface area contributed by atoms with E-state index in [0.29, 0.717) is 0 Å². The molecule has 2 rings (SSSR count). The Kier molecular flexibility index (Phi) is 4.03. The first-order valence-electron chi connectivity index (χ1n) is 6.59. The Balaban J connectivity index is 2.18. The van der Waals surface area contributed by atoms with Crippen LogP contribution in [0, 0.1) is 13.8 Å². The van der Waals surface area contributed by atoms with E-state index in [1.54, 1.807) is 0 Å². The number of aryl methyl sites for hydroxylation is 3. The zero-order chi connectivity index (χ0) is 13.0. The zero-order valence-corrected chi connectivity index (χ0v) is 11.5. The SMILES string of the molecule is CCc1cccc(C)c1NCc1ccccc1C. The van der Waals surface area contributed by atoms with Crippen LogP contribution < -0.4 is 5.32 Å². The minimum absolute atomic E-state index is 0.893. The zero-order valence-electron chi connectivity index (χ0n) is 11.5. The van der Waals surface area contributed by atoms with Gasteiger partial charge in [-0.05, 0) is 42.5 Å². The number of anilines is 1. The summed E-state index contributed by atoms with van der Waals surface area (Å²) in [5, 5.41) is 3.59. The average molecular weight is 239 g/mol. The van der Waals surface area contributed by atoms with Gasteiger partial charge < -0.3 is 5.32 Å². The molecule has 2 aromatic rings. The first kappa shape index (κ1) is 12.7. The highest BCUT2D eigenvalue weighted by Crippen LogP contribution is 2.22. The van der Waals surface area contributed by atoms with Crippen molar-refractivity contribution in [1.29, 1.82) is 0 Å². The van der Waals surface area contributed by atoms with Crippen LogP contribution >= 0.6 is 0 Å². The van der Waals surface area contributed by atoms with E-state index >= 15 is 0 Å². The van der Waals surface area contributed by atoms with Crippen molar-refractivity contribution in [3.8, 4) is 0 Å². The van der Waals surface area contributed by atoms with Crippen LogP contribution in [0.3, 0.4) is 0 Å². The number of hydrogen-bond acceptors (Lipinski definition) is 1. The quantitative estimate of drug-likeness (QED) is 0.829. The lowest BCUT2D eigenvalue weighted by Gasteiger charge is -2.15. The first-order valence-corrected chi connectivity index (χ1v) is 6.59. The van der Waals surface area contributed by atoms with Crippen molar-refractivity contribution in [2.45, 2.75) is 33.7 Å². The summed E-state index contributed by atoms with van der Waals surface area (Å²) in [5.74, 6) is 0. The average Bonchev–Trinajstić information content (AvgIpc) is 2.39. The fraction of sp³-hybridized carbons (Fsp3) is 0.294. The number of para-hydroxylation sites is 1. The highest BCUT2D eigenvalue weighted by molar-refractivity contribution is 5.57. The molecular formula is C17H21N. The Morgan fingerprint density at radius 2 is 1.50 bits per heavy atom. The molecule has 0 bridgehead atoms. The predicted octanol–water partition coefficient (Wildman–Crippen LogP) is 4.48. The van der Waals surface area contributed by atoms with Gasteiger partial charge in [0, 0.05) is 12.2 Å². The molecule has 18 heavy (non-hydrogen) atoms. The lowest BCUT2D eigenvalue weighted by atomic mass is 10.0. The molecule has 0 saturated carbocycles. The van der Waals surface area contributed by atoms with E-state index in [9.17, 15) is 0 Å². The second-order valence-corrected chi connectivity index (χ2v) is 4.74. The van der Waals surface area contributed by atoms with Crippen LogP contribution in [0.5, 0.6) is 0 Å². The van der Waals surface area contributed by atoms with Gasteiger partial charge in [-0.2, -0.15) is 0 Å². The van der Waals surface area contributed by atoms with Gasteiger partial charge in [0.25, 0.3) is 0 Å². The molecule has 0 spiro atoms. The minimum atomic E-state index is 0.893. The summed E-state index contributed by atoms with van der Waals surface area (Å²) in [5.41, 5.74) is 6.72. The monoisotopic (exact) mass is 239 g/mol. The molecule has 0 saturated heterocycles. The molecule has 0 heterocycles. The molecule has 2 aromatic carbocycles. The molecule has 0 aromatic heterocycles. The van der Waals surface area contributed by atoms with Crippen LogP contribution in [-0.4, -0.2) is 0 Å². The van der Waals surface area contributed by atoms with E-state index in [0.717, 1.165) is 13.0 Å². The van der Waals surface area contributed by atoms with Crippen molar-refractivity contribution in [2.24, 2.45) is 0 Å². The van der Waals surface area contributed by atoms with Gasteiger partial charge in [0.05, 0.1) is 0 Å². The van der Waals surface area contributed by atoms with E-state index in [2.05, 4.69) is 68.6 Å². The van der Waals surface area contributed by atoms with Gasteiger partial charge in [-0.1, -0.05) is 49.4 Å². The molecule has 0 atom stereocenters. The second kappa shape index (κ2) is 5.72. The van der Waals surface area contributed by atoms with E-state index in [4.69, 9.17) is 0 Å². The number of benzene rings is 2. The van der Waals surface area contributed by atoms with Crippen molar-refractivity contribution < 1.29 is 0 Å². The van der Waals surface area contributed by atoms with E-state index in [1.165, 1.54) is 27.9 Å². The Bertz CT molecular complexity index is 529. The fourth-order valence-corrected chi connectivity index (χ4v) is 2.27. The molecule has 94 valence electrons. The van der Waals surface area contributed by atoms with Gasteiger partial charge in [0.1, 0.15) is 0 Å². The van der Waals surface area contributed by atoms with Crippen LogP contribution in [0.25, 0.3) is 0 Å². The van der Waals surface area contributed by atoms with Gasteiger partial charge in [-0.3, -0.25) is 0 Å². The van der Waals surface area contributed by atoms with Crippen molar-refractivity contribution >= 4 is 5.69 Å². The molecular weight excluding hydrogens is 218 g/mol. The van der Waals surface area contributed by atoms with Crippen molar-refractivity contribution in [1.82, 2.24) is 0 Å². The summed E-state index contributed by atoms with van der Waals surface area (Å²) in [4.78, 5) is 0. The van der Waals surface area contributed by atoms with Gasteiger partial charge in [-0.25, -0.2) is 0 Å². The third-order valence-corrected chi connectivity index (χ3v) is 3.46. The summed E-state index contributed by atoms with van der Waals surface area (Å²) in [6.07, 6.45) is 1.07. The van der Waals surface area contributed by atoms with Crippen molar-refractivity contribution in [3.05, 3.63) is 64.7 Å². The third-order valence-electron chi connectivity index (χ3n) is 3.46. The summed E-state index contributed by atoms with van der Waals surface area (Å²) in [7, 11) is 0. The normalized spacial score (nSPS) is 10.4. The maximum Gasteiger partial charge on any atom is 0.0404 e. The lowest BCUT2D eigenvalue weighted by Crippen LogP contribution is -2.05. The number of rotatable bonds is 4. The first-order chi connectivity index (χ1) is 8.72. The summed E-state index contributed by atoms with van der Waals surface area (Å²) in [6, 6.07) is 15.0. The Labute approximate surface area is 110 Å². The highest BCUT2D eigenvalue weighted by Gasteiger charge is 2.04. The fourth-order valence-electron chi connectivity index (χ4n) is 2.27. The Hall–Kier alpha value is -1.76. The smallest absolute Gasteiger partial charge is 0.0404 e. The van der Waals surface area contributed by atoms with E-state index in [1.807, 2.05) is 0 Å². The van der Waals surface area contributed by atoms with Gasteiger partial charge in [0.15, 0.2) is 0 Å². The minimum Gasteiger partial charge on any atom is -0.381 e. The predicted molar refractivity (Wildman–Crippen MR) is 79.1 cm³/mol. The van der Waals surface area contributed by atoms with E-state index < -0.39 is 0 Å². The van der Waals surface area contributed by atoms with Crippen molar-refractivity contribution in [3.63, 3.8) is 0 Å². The Morgan fingerprint density at radius 1 is 0.833 bits per heavy atom. The van der Waals surface area contributed by atoms with Gasteiger partial charge in [-0.15, -0.1) is 0 Å². The van der Waals surface area contributed by atoms with Crippen LogP contribution in [0.4, 0.5) is 5.69 Å². The number of nitrogens with one attached hydrogen (secondary N) is 1. The molecule has 0 aliphatic rings. The summed E-state index contributed by atoms with van der Waals surface area (Å²) >= 11 is 0. The van der Waals surface area contributed by atoms with Gasteiger partial charge in [0.2, 0.25) is 0 Å². The standard InChI is InChI=1S/C17H21N/c1-4-15-11-7-9-14(3)17(15)18-12-16-10-6-5-8-13(16)2/h5-11,18H,4,12H2,1-3H3. The molecule has 1 heteroatoms. The summed E-state index contributed by atoms with van der Waals surface area (Å²) in [6.45, 7) is 7.42. The molecule has 0 fully saturated rings. The molecule has 0 unspecified atom stereocenters. The van der Waals surface area contributed by atoms with Gasteiger partial charge >= 0.3 is 0 Å². The maximum atomic E-state index is 3.59. The molecule has 0 aliphatic carbocycles. The highest BCUT2D eigenvalue weighted by atomic mass is 14.9. The Morgan fingerprint density at radius 3 is 2.22 bits per heavy atom. The van der Waals surface area contributed by atoms with Crippen LogP contribution in [0.1, 0.15) is 29.2 Å². The van der Waals surface area contributed by atoms with Crippen molar-refractivity contribution in [2.75, 3.05) is 5.32 Å². The van der Waals surface area contributed by atoms with Crippen LogP contribution in [0.2, 0.25) is 0 Å². The largest absolute Gasteiger partial charge is 0.381 e. The number of hydrogen-bond donors (Lipinski definition) is 1. The molecule has 1 nitrogen and oxygen atoms in total. The van der Waals surface area contributed by atoms with Crippen LogP contribution in [0.15, 0.2) is 42.5 Å². The third kappa shape index (κ3) is 2.73. The molecule has 1 N–H and O–H groups in total. The topological polar surface area (TPSA) is 12.0 Å². The molecule has 0 radical (unpaired) electrons.